The van der Waals surface area contributed by atoms with Gasteiger partial charge >= 0.3 is 0 Å². The van der Waals surface area contributed by atoms with E-state index in [1.54, 1.807) is 0 Å². The Bertz CT molecular complexity index is 215. The van der Waals surface area contributed by atoms with Gasteiger partial charge in [0.2, 0.25) is 0 Å². The smallest absolute Gasteiger partial charge is 0.0456 e. The Hall–Kier alpha value is -0.0800. The maximum atomic E-state index is 8.97. The van der Waals surface area contributed by atoms with E-state index >= 15 is 0 Å². The minimum Gasteiger partial charge on any atom is -0.396 e. The summed E-state index contributed by atoms with van der Waals surface area (Å²) in [6.07, 6.45) is 6.33. The molecule has 0 spiro atoms. The molecule has 0 aliphatic heterocycles. The summed E-state index contributed by atoms with van der Waals surface area (Å²) in [5.74, 6) is 1.31. The molecule has 0 heterocycles. The Morgan fingerprint density at radius 2 is 2.06 bits per heavy atom. The van der Waals surface area contributed by atoms with Crippen LogP contribution in [0.1, 0.15) is 59.8 Å². The van der Waals surface area contributed by atoms with Crippen LogP contribution in [0.3, 0.4) is 0 Å². The van der Waals surface area contributed by atoms with Crippen molar-refractivity contribution in [1.82, 2.24) is 5.32 Å². The van der Waals surface area contributed by atoms with Crippen molar-refractivity contribution in [1.29, 1.82) is 0 Å². The van der Waals surface area contributed by atoms with E-state index in [-0.39, 0.29) is 0 Å². The van der Waals surface area contributed by atoms with Crippen molar-refractivity contribution in [3.8, 4) is 0 Å². The Kier molecular flexibility index (Phi) is 5.94. The molecular formula is C15H31NO. The largest absolute Gasteiger partial charge is 0.396 e. The van der Waals surface area contributed by atoms with Gasteiger partial charge in [0.1, 0.15) is 0 Å². The van der Waals surface area contributed by atoms with Crippen LogP contribution in [-0.2, 0) is 0 Å². The van der Waals surface area contributed by atoms with Gasteiger partial charge in [0.25, 0.3) is 0 Å². The molecule has 1 saturated carbocycles. The van der Waals surface area contributed by atoms with E-state index in [2.05, 4.69) is 33.0 Å². The molecule has 0 aromatic carbocycles. The number of hydrogen-bond donors (Lipinski definition) is 2. The Morgan fingerprint density at radius 1 is 1.35 bits per heavy atom. The highest BCUT2D eigenvalue weighted by Crippen LogP contribution is 2.38. The van der Waals surface area contributed by atoms with E-state index in [1.165, 1.54) is 25.7 Å². The minimum absolute atomic E-state index is 0.327. The molecule has 1 fully saturated rings. The first-order chi connectivity index (χ1) is 7.93. The molecule has 102 valence electrons. The summed E-state index contributed by atoms with van der Waals surface area (Å²) in [4.78, 5) is 0. The topological polar surface area (TPSA) is 32.3 Å². The second kappa shape index (κ2) is 6.75. The zero-order chi connectivity index (χ0) is 12.9. The van der Waals surface area contributed by atoms with Crippen molar-refractivity contribution in [2.75, 3.05) is 13.2 Å². The zero-order valence-electron chi connectivity index (χ0n) is 12.1. The van der Waals surface area contributed by atoms with Gasteiger partial charge in [-0.1, -0.05) is 27.7 Å². The molecule has 1 aliphatic rings. The highest BCUT2D eigenvalue weighted by molar-refractivity contribution is 4.86. The summed E-state index contributed by atoms with van der Waals surface area (Å²) in [7, 11) is 0. The van der Waals surface area contributed by atoms with Gasteiger partial charge in [0.15, 0.2) is 0 Å². The van der Waals surface area contributed by atoms with Gasteiger partial charge in [0.05, 0.1) is 0 Å². The first-order valence-corrected chi connectivity index (χ1v) is 7.27. The molecule has 3 unspecified atom stereocenters. The molecule has 0 aromatic heterocycles. The lowest BCUT2D eigenvalue weighted by Crippen LogP contribution is -2.40. The summed E-state index contributed by atoms with van der Waals surface area (Å²) < 4.78 is 0. The second-order valence-electron chi connectivity index (χ2n) is 6.99. The van der Waals surface area contributed by atoms with Crippen molar-refractivity contribution in [2.45, 2.75) is 65.8 Å². The third-order valence-electron chi connectivity index (χ3n) is 4.01. The SMILES string of the molecule is CC(CO)CCCNC1CC(C)CC(C)(C)C1. The fourth-order valence-electron chi connectivity index (χ4n) is 3.35. The van der Waals surface area contributed by atoms with Crippen molar-refractivity contribution < 1.29 is 5.11 Å². The van der Waals surface area contributed by atoms with Crippen LogP contribution in [-0.4, -0.2) is 24.3 Å². The Morgan fingerprint density at radius 3 is 2.65 bits per heavy atom. The van der Waals surface area contributed by atoms with Crippen LogP contribution in [0.4, 0.5) is 0 Å². The van der Waals surface area contributed by atoms with Gasteiger partial charge in [-0.25, -0.2) is 0 Å². The molecule has 0 saturated heterocycles. The van der Waals surface area contributed by atoms with Crippen molar-refractivity contribution >= 4 is 0 Å². The lowest BCUT2D eigenvalue weighted by atomic mass is 9.70. The Balaban J connectivity index is 2.18. The summed E-state index contributed by atoms with van der Waals surface area (Å²) in [6.45, 7) is 10.7. The van der Waals surface area contributed by atoms with Crippen molar-refractivity contribution in [2.24, 2.45) is 17.3 Å². The lowest BCUT2D eigenvalue weighted by Gasteiger charge is -2.39. The summed E-state index contributed by atoms with van der Waals surface area (Å²) in [5.41, 5.74) is 0.508. The normalized spacial score (nSPS) is 30.2. The third kappa shape index (κ3) is 5.87. The molecule has 0 radical (unpaired) electrons. The molecule has 1 aliphatic carbocycles. The molecule has 3 atom stereocenters. The van der Waals surface area contributed by atoms with E-state index in [4.69, 9.17) is 5.11 Å². The maximum Gasteiger partial charge on any atom is 0.0456 e. The number of aliphatic hydroxyl groups excluding tert-OH is 1. The molecular weight excluding hydrogens is 210 g/mol. The molecule has 0 amide bonds. The fraction of sp³-hybridized carbons (Fsp3) is 1.00. The minimum atomic E-state index is 0.327. The van der Waals surface area contributed by atoms with Crippen LogP contribution in [0.15, 0.2) is 0 Å². The third-order valence-corrected chi connectivity index (χ3v) is 4.01. The number of hydrogen-bond acceptors (Lipinski definition) is 2. The predicted octanol–water partition coefficient (Wildman–Crippen LogP) is 3.20. The van der Waals surface area contributed by atoms with E-state index in [9.17, 15) is 0 Å². The fourth-order valence-corrected chi connectivity index (χ4v) is 3.35. The van der Waals surface area contributed by atoms with Gasteiger partial charge in [-0.15, -0.1) is 0 Å². The van der Waals surface area contributed by atoms with Crippen LogP contribution in [0.5, 0.6) is 0 Å². The highest BCUT2D eigenvalue weighted by Gasteiger charge is 2.31. The molecule has 1 rings (SSSR count). The van der Waals surface area contributed by atoms with Crippen LogP contribution in [0.25, 0.3) is 0 Å². The average molecular weight is 241 g/mol. The monoisotopic (exact) mass is 241 g/mol. The first kappa shape index (κ1) is 15.0. The van der Waals surface area contributed by atoms with E-state index in [0.29, 0.717) is 24.0 Å². The summed E-state index contributed by atoms with van der Waals surface area (Å²) in [5, 5.41) is 12.7. The quantitative estimate of drug-likeness (QED) is 0.700. The molecule has 2 N–H and O–H groups in total. The van der Waals surface area contributed by atoms with Crippen molar-refractivity contribution in [3.05, 3.63) is 0 Å². The van der Waals surface area contributed by atoms with E-state index < -0.39 is 0 Å². The van der Waals surface area contributed by atoms with Gasteiger partial charge < -0.3 is 10.4 Å². The molecule has 2 nitrogen and oxygen atoms in total. The van der Waals surface area contributed by atoms with Crippen LogP contribution in [0.2, 0.25) is 0 Å². The van der Waals surface area contributed by atoms with Gasteiger partial charge in [-0.05, 0) is 55.9 Å². The predicted molar refractivity (Wildman–Crippen MR) is 74.1 cm³/mol. The standard InChI is InChI=1S/C15H31NO/c1-12(11-17)6-5-7-16-14-8-13(2)9-15(3,4)10-14/h12-14,16-17H,5-11H2,1-4H3. The lowest BCUT2D eigenvalue weighted by molar-refractivity contribution is 0.150. The first-order valence-electron chi connectivity index (χ1n) is 7.27. The van der Waals surface area contributed by atoms with Gasteiger partial charge in [0, 0.05) is 12.6 Å². The molecule has 17 heavy (non-hydrogen) atoms. The van der Waals surface area contributed by atoms with Crippen LogP contribution in [0, 0.1) is 17.3 Å². The van der Waals surface area contributed by atoms with E-state index in [0.717, 1.165) is 18.9 Å². The van der Waals surface area contributed by atoms with Crippen molar-refractivity contribution in [3.63, 3.8) is 0 Å². The summed E-state index contributed by atoms with van der Waals surface area (Å²) >= 11 is 0. The number of aliphatic hydroxyl groups is 1. The zero-order valence-corrected chi connectivity index (χ0v) is 12.1. The second-order valence-corrected chi connectivity index (χ2v) is 6.99. The molecule has 0 bridgehead atoms. The molecule has 0 aromatic rings. The van der Waals surface area contributed by atoms with Gasteiger partial charge in [-0.3, -0.25) is 0 Å². The van der Waals surface area contributed by atoms with E-state index in [1.807, 2.05) is 0 Å². The number of rotatable bonds is 6. The molecule has 2 heteroatoms. The maximum absolute atomic E-state index is 8.97. The van der Waals surface area contributed by atoms with Crippen LogP contribution < -0.4 is 5.32 Å². The summed E-state index contributed by atoms with van der Waals surface area (Å²) in [6, 6.07) is 0.707. The van der Waals surface area contributed by atoms with Gasteiger partial charge in [-0.2, -0.15) is 0 Å². The Labute approximate surface area is 107 Å². The highest BCUT2D eigenvalue weighted by atomic mass is 16.3. The number of nitrogens with one attached hydrogen (secondary N) is 1. The average Bonchev–Trinajstić information content (AvgIpc) is 2.21. The van der Waals surface area contributed by atoms with Crippen LogP contribution >= 0.6 is 0 Å².